The highest BCUT2D eigenvalue weighted by atomic mass is 16.5. The summed E-state index contributed by atoms with van der Waals surface area (Å²) >= 11 is 0. The number of urea groups is 1. The van der Waals surface area contributed by atoms with E-state index >= 15 is 0 Å². The number of carbonyl (C=O) groups excluding carboxylic acids is 1. The second kappa shape index (κ2) is 10.2. The van der Waals surface area contributed by atoms with E-state index in [1.807, 2.05) is 41.3 Å². The van der Waals surface area contributed by atoms with Crippen molar-refractivity contribution in [3.8, 4) is 17.1 Å². The molecule has 34 heavy (non-hydrogen) atoms. The molecular weight excluding hydrogens is 430 g/mol. The Morgan fingerprint density at radius 2 is 1.79 bits per heavy atom. The van der Waals surface area contributed by atoms with Crippen LogP contribution in [0.5, 0.6) is 5.75 Å². The number of carbonyl (C=O) groups is 1. The molecule has 2 aromatic carbocycles. The quantitative estimate of drug-likeness (QED) is 0.566. The highest BCUT2D eigenvalue weighted by molar-refractivity contribution is 5.89. The fourth-order valence-corrected chi connectivity index (χ4v) is 4.76. The van der Waals surface area contributed by atoms with Crippen LogP contribution in [0.1, 0.15) is 43.9 Å². The predicted molar refractivity (Wildman–Crippen MR) is 131 cm³/mol. The fourth-order valence-electron chi connectivity index (χ4n) is 4.76. The number of anilines is 2. The van der Waals surface area contributed by atoms with Crippen LogP contribution in [-0.2, 0) is 0 Å². The van der Waals surface area contributed by atoms with Gasteiger partial charge in [-0.3, -0.25) is 0 Å². The van der Waals surface area contributed by atoms with E-state index in [-0.39, 0.29) is 6.03 Å². The van der Waals surface area contributed by atoms with Gasteiger partial charge >= 0.3 is 6.03 Å². The number of aromatic nitrogens is 2. The molecule has 3 aromatic rings. The van der Waals surface area contributed by atoms with Crippen molar-refractivity contribution in [3.63, 3.8) is 0 Å². The number of piperazine rings is 1. The molecule has 5 rings (SSSR count). The molecule has 2 aliphatic rings. The van der Waals surface area contributed by atoms with Gasteiger partial charge in [0.2, 0.25) is 11.7 Å². The van der Waals surface area contributed by atoms with Gasteiger partial charge in [0.25, 0.3) is 0 Å². The van der Waals surface area contributed by atoms with Crippen molar-refractivity contribution < 1.29 is 14.1 Å². The van der Waals surface area contributed by atoms with Crippen LogP contribution in [0.25, 0.3) is 11.4 Å². The number of methoxy groups -OCH3 is 1. The summed E-state index contributed by atoms with van der Waals surface area (Å²) in [7, 11) is 1.61. The zero-order valence-electron chi connectivity index (χ0n) is 19.6. The summed E-state index contributed by atoms with van der Waals surface area (Å²) in [5.74, 6) is 2.57. The molecule has 0 atom stereocenters. The maximum Gasteiger partial charge on any atom is 0.321 e. The SMILES string of the molecule is COc1cccc(NC(=O)N2CCN(c3ccc(-c4noc(C5CCCCC5)n4)cc3)CC2)c1. The summed E-state index contributed by atoms with van der Waals surface area (Å²) < 4.78 is 10.8. The van der Waals surface area contributed by atoms with E-state index < -0.39 is 0 Å². The van der Waals surface area contributed by atoms with E-state index in [0.29, 0.717) is 24.8 Å². The first-order chi connectivity index (χ1) is 16.7. The zero-order chi connectivity index (χ0) is 23.3. The third-order valence-corrected chi connectivity index (χ3v) is 6.77. The third-order valence-electron chi connectivity index (χ3n) is 6.77. The van der Waals surface area contributed by atoms with E-state index in [1.165, 1.54) is 19.3 Å². The fraction of sp³-hybridized carbons (Fsp3) is 0.423. The van der Waals surface area contributed by atoms with Crippen molar-refractivity contribution in [3.05, 3.63) is 54.4 Å². The molecule has 2 amide bonds. The largest absolute Gasteiger partial charge is 0.497 e. The molecule has 1 aliphatic carbocycles. The molecule has 8 nitrogen and oxygen atoms in total. The summed E-state index contributed by atoms with van der Waals surface area (Å²) in [6, 6.07) is 15.6. The number of ether oxygens (including phenoxy) is 1. The molecule has 1 aliphatic heterocycles. The molecule has 1 saturated heterocycles. The first-order valence-electron chi connectivity index (χ1n) is 12.1. The van der Waals surface area contributed by atoms with Gasteiger partial charge in [-0.15, -0.1) is 0 Å². The lowest BCUT2D eigenvalue weighted by molar-refractivity contribution is 0.208. The Morgan fingerprint density at radius 1 is 1.03 bits per heavy atom. The minimum Gasteiger partial charge on any atom is -0.497 e. The van der Waals surface area contributed by atoms with Gasteiger partial charge in [0, 0.05) is 55.1 Å². The molecular formula is C26H31N5O3. The molecule has 2 heterocycles. The molecule has 1 N–H and O–H groups in total. The van der Waals surface area contributed by atoms with E-state index in [1.54, 1.807) is 7.11 Å². The summed E-state index contributed by atoms with van der Waals surface area (Å²) in [6.07, 6.45) is 6.08. The number of hydrogen-bond donors (Lipinski definition) is 1. The summed E-state index contributed by atoms with van der Waals surface area (Å²) in [6.45, 7) is 2.87. The van der Waals surface area contributed by atoms with Crippen LogP contribution in [0.3, 0.4) is 0 Å². The molecule has 0 bridgehead atoms. The zero-order valence-corrected chi connectivity index (χ0v) is 19.6. The highest BCUT2D eigenvalue weighted by Crippen LogP contribution is 2.32. The maximum absolute atomic E-state index is 12.7. The Kier molecular flexibility index (Phi) is 6.65. The second-order valence-electron chi connectivity index (χ2n) is 8.97. The standard InChI is InChI=1S/C26H31N5O3/c1-33-23-9-5-8-21(18-23)27-26(32)31-16-14-30(15-17-31)22-12-10-19(11-13-22)24-28-25(34-29-24)20-6-3-2-4-7-20/h5,8-13,18,20H,2-4,6-7,14-17H2,1H3,(H,27,32). The number of nitrogens with zero attached hydrogens (tertiary/aromatic N) is 4. The number of rotatable bonds is 5. The van der Waals surface area contributed by atoms with Crippen LogP contribution in [-0.4, -0.2) is 54.4 Å². The molecule has 178 valence electrons. The van der Waals surface area contributed by atoms with Crippen LogP contribution in [0.4, 0.5) is 16.2 Å². The molecule has 2 fully saturated rings. The number of benzene rings is 2. The Morgan fingerprint density at radius 3 is 2.53 bits per heavy atom. The van der Waals surface area contributed by atoms with Gasteiger partial charge in [-0.05, 0) is 49.2 Å². The van der Waals surface area contributed by atoms with Crippen molar-refractivity contribution in [2.45, 2.75) is 38.0 Å². The monoisotopic (exact) mass is 461 g/mol. The van der Waals surface area contributed by atoms with Gasteiger partial charge in [-0.2, -0.15) is 4.98 Å². The topological polar surface area (TPSA) is 83.7 Å². The van der Waals surface area contributed by atoms with E-state index in [0.717, 1.165) is 54.5 Å². The van der Waals surface area contributed by atoms with Gasteiger partial charge in [-0.1, -0.05) is 30.5 Å². The van der Waals surface area contributed by atoms with E-state index in [9.17, 15) is 4.79 Å². The molecule has 0 radical (unpaired) electrons. The summed E-state index contributed by atoms with van der Waals surface area (Å²) in [5, 5.41) is 7.18. The predicted octanol–water partition coefficient (Wildman–Crippen LogP) is 5.15. The van der Waals surface area contributed by atoms with Crippen LogP contribution < -0.4 is 15.0 Å². The second-order valence-corrected chi connectivity index (χ2v) is 8.97. The summed E-state index contributed by atoms with van der Waals surface area (Å²) in [5.41, 5.74) is 2.83. The summed E-state index contributed by atoms with van der Waals surface area (Å²) in [4.78, 5) is 21.5. The van der Waals surface area contributed by atoms with E-state index in [4.69, 9.17) is 9.26 Å². The Bertz CT molecular complexity index is 1100. The van der Waals surface area contributed by atoms with Crippen LogP contribution in [0.2, 0.25) is 0 Å². The van der Waals surface area contributed by atoms with Gasteiger partial charge in [-0.25, -0.2) is 4.79 Å². The average Bonchev–Trinajstić information content (AvgIpc) is 3.40. The van der Waals surface area contributed by atoms with Gasteiger partial charge in [0.1, 0.15) is 5.75 Å². The van der Waals surface area contributed by atoms with Gasteiger partial charge < -0.3 is 24.4 Å². The average molecular weight is 462 g/mol. The smallest absolute Gasteiger partial charge is 0.321 e. The van der Waals surface area contributed by atoms with Crippen molar-refractivity contribution >= 4 is 17.4 Å². The number of hydrogen-bond acceptors (Lipinski definition) is 6. The molecule has 0 spiro atoms. The van der Waals surface area contributed by atoms with Crippen LogP contribution in [0.15, 0.2) is 53.1 Å². The number of nitrogens with one attached hydrogen (secondary N) is 1. The molecule has 8 heteroatoms. The minimum atomic E-state index is -0.0888. The van der Waals surface area contributed by atoms with Crippen LogP contribution in [0, 0.1) is 0 Å². The van der Waals surface area contributed by atoms with Gasteiger partial charge in [0.15, 0.2) is 0 Å². The van der Waals surface area contributed by atoms with Crippen LogP contribution >= 0.6 is 0 Å². The lowest BCUT2D eigenvalue weighted by Crippen LogP contribution is -2.50. The molecule has 1 saturated carbocycles. The Labute approximate surface area is 199 Å². The normalized spacial score (nSPS) is 17.0. The van der Waals surface area contributed by atoms with Crippen molar-refractivity contribution in [1.29, 1.82) is 0 Å². The lowest BCUT2D eigenvalue weighted by Gasteiger charge is -2.36. The first-order valence-corrected chi connectivity index (χ1v) is 12.1. The minimum absolute atomic E-state index is 0.0888. The Balaban J connectivity index is 1.15. The lowest BCUT2D eigenvalue weighted by atomic mass is 9.89. The Hall–Kier alpha value is -3.55. The first kappa shape index (κ1) is 22.3. The van der Waals surface area contributed by atoms with E-state index in [2.05, 4.69) is 32.5 Å². The molecule has 1 aromatic heterocycles. The van der Waals surface area contributed by atoms with Crippen molar-refractivity contribution in [2.75, 3.05) is 43.5 Å². The van der Waals surface area contributed by atoms with Crippen molar-refractivity contribution in [1.82, 2.24) is 15.0 Å². The highest BCUT2D eigenvalue weighted by Gasteiger charge is 2.23. The number of amides is 2. The van der Waals surface area contributed by atoms with Gasteiger partial charge in [0.05, 0.1) is 7.11 Å². The van der Waals surface area contributed by atoms with Crippen molar-refractivity contribution in [2.24, 2.45) is 0 Å². The third kappa shape index (κ3) is 5.00. The molecule has 0 unspecified atom stereocenters. The maximum atomic E-state index is 12.7.